The van der Waals surface area contributed by atoms with Gasteiger partial charge in [-0.15, -0.1) is 5.10 Å². The maximum Gasteiger partial charge on any atom is 0.241 e. The fraction of sp³-hybridized carbons (Fsp3) is 0.0526. The summed E-state index contributed by atoms with van der Waals surface area (Å²) in [5.74, 6) is 0.793. The van der Waals surface area contributed by atoms with E-state index in [1.54, 1.807) is 15.4 Å². The van der Waals surface area contributed by atoms with Gasteiger partial charge in [0.25, 0.3) is 0 Å². The van der Waals surface area contributed by atoms with Gasteiger partial charge in [-0.2, -0.15) is 4.98 Å². The number of nitrogens with one attached hydrogen (secondary N) is 1. The minimum atomic E-state index is 0.290. The second-order valence-corrected chi connectivity index (χ2v) is 6.58. The molecule has 3 heterocycles. The molecule has 0 aliphatic carbocycles. The van der Waals surface area contributed by atoms with Crippen LogP contribution in [0.5, 0.6) is 0 Å². The van der Waals surface area contributed by atoms with E-state index in [4.69, 9.17) is 11.6 Å². The number of halogens is 1. The minimum Gasteiger partial charge on any atom is -0.324 e. The molecular formula is C19H14ClN9. The van der Waals surface area contributed by atoms with E-state index in [2.05, 4.69) is 35.6 Å². The van der Waals surface area contributed by atoms with Crippen LogP contribution in [0.25, 0.3) is 17.0 Å². The first kappa shape index (κ1) is 17.3. The zero-order valence-corrected chi connectivity index (χ0v) is 15.8. The molecule has 2 aromatic carbocycles. The Morgan fingerprint density at radius 1 is 1.00 bits per heavy atom. The predicted molar refractivity (Wildman–Crippen MR) is 108 cm³/mol. The van der Waals surface area contributed by atoms with Crippen LogP contribution in [-0.4, -0.2) is 39.5 Å². The standard InChI is InChI=1S/C19H14ClN9/c20-17-25-15-6-1-2-7-16(15)29(17)19-22-12-21-18(26-19)24-14-5-3-4-13(10-14)11-28-9-8-23-27-28/h1-10,12H,11H2,(H,21,22,24,26). The van der Waals surface area contributed by atoms with Gasteiger partial charge >= 0.3 is 0 Å². The molecule has 0 bridgehead atoms. The van der Waals surface area contributed by atoms with Crippen molar-refractivity contribution in [1.29, 1.82) is 0 Å². The van der Waals surface area contributed by atoms with Gasteiger partial charge < -0.3 is 5.32 Å². The van der Waals surface area contributed by atoms with E-state index < -0.39 is 0 Å². The van der Waals surface area contributed by atoms with E-state index in [0.29, 0.717) is 18.4 Å². The molecule has 5 aromatic rings. The van der Waals surface area contributed by atoms with Crippen molar-refractivity contribution in [3.05, 3.63) is 78.1 Å². The molecule has 1 N–H and O–H groups in total. The molecule has 0 unspecified atom stereocenters. The number of benzene rings is 2. The summed E-state index contributed by atoms with van der Waals surface area (Å²) in [5, 5.41) is 11.3. The summed E-state index contributed by atoms with van der Waals surface area (Å²) in [4.78, 5) is 17.3. The molecule has 0 aliphatic rings. The van der Waals surface area contributed by atoms with Crippen LogP contribution in [0.2, 0.25) is 5.28 Å². The summed E-state index contributed by atoms with van der Waals surface area (Å²) in [6, 6.07) is 15.5. The summed E-state index contributed by atoms with van der Waals surface area (Å²) < 4.78 is 3.44. The lowest BCUT2D eigenvalue weighted by atomic mass is 10.2. The highest BCUT2D eigenvalue weighted by molar-refractivity contribution is 6.29. The predicted octanol–water partition coefficient (Wildman–Crippen LogP) is 3.25. The summed E-state index contributed by atoms with van der Waals surface area (Å²) in [5.41, 5.74) is 3.51. The van der Waals surface area contributed by atoms with E-state index >= 15 is 0 Å². The molecule has 0 fully saturated rings. The monoisotopic (exact) mass is 403 g/mol. The van der Waals surface area contributed by atoms with Crippen LogP contribution in [-0.2, 0) is 6.54 Å². The Labute approximate surface area is 170 Å². The molecule has 3 aromatic heterocycles. The van der Waals surface area contributed by atoms with Crippen molar-refractivity contribution in [1.82, 2.24) is 39.5 Å². The maximum atomic E-state index is 6.32. The van der Waals surface area contributed by atoms with Crippen molar-refractivity contribution in [2.75, 3.05) is 5.32 Å². The van der Waals surface area contributed by atoms with Crippen molar-refractivity contribution >= 4 is 34.3 Å². The van der Waals surface area contributed by atoms with Crippen molar-refractivity contribution in [3.63, 3.8) is 0 Å². The number of aromatic nitrogens is 8. The van der Waals surface area contributed by atoms with Gasteiger partial charge in [0.15, 0.2) is 0 Å². The number of nitrogens with zero attached hydrogens (tertiary/aromatic N) is 8. The van der Waals surface area contributed by atoms with E-state index in [0.717, 1.165) is 22.3 Å². The van der Waals surface area contributed by atoms with Crippen molar-refractivity contribution < 1.29 is 0 Å². The largest absolute Gasteiger partial charge is 0.324 e. The Bertz CT molecular complexity index is 1280. The molecule has 0 atom stereocenters. The molecule has 5 rings (SSSR count). The lowest BCUT2D eigenvalue weighted by molar-refractivity contribution is 0.650. The highest BCUT2D eigenvalue weighted by atomic mass is 35.5. The van der Waals surface area contributed by atoms with E-state index in [-0.39, 0.29) is 5.28 Å². The third kappa shape index (κ3) is 3.50. The van der Waals surface area contributed by atoms with Crippen LogP contribution in [0.3, 0.4) is 0 Å². The van der Waals surface area contributed by atoms with Gasteiger partial charge in [0, 0.05) is 11.9 Å². The molecule has 142 valence electrons. The van der Waals surface area contributed by atoms with E-state index in [1.807, 2.05) is 54.7 Å². The first-order valence-corrected chi connectivity index (χ1v) is 9.16. The van der Waals surface area contributed by atoms with Crippen LogP contribution >= 0.6 is 11.6 Å². The summed E-state index contributed by atoms with van der Waals surface area (Å²) >= 11 is 6.32. The Hall–Kier alpha value is -3.85. The summed E-state index contributed by atoms with van der Waals surface area (Å²) in [7, 11) is 0. The van der Waals surface area contributed by atoms with Gasteiger partial charge in [-0.05, 0) is 41.4 Å². The average Bonchev–Trinajstić information content (AvgIpc) is 3.35. The number of para-hydroxylation sites is 2. The van der Waals surface area contributed by atoms with Crippen molar-refractivity contribution in [2.45, 2.75) is 6.54 Å². The highest BCUT2D eigenvalue weighted by Gasteiger charge is 2.13. The molecular weight excluding hydrogens is 390 g/mol. The molecule has 9 nitrogen and oxygen atoms in total. The van der Waals surface area contributed by atoms with Gasteiger partial charge in [0.1, 0.15) is 6.33 Å². The molecule has 0 saturated carbocycles. The fourth-order valence-corrected chi connectivity index (χ4v) is 3.28. The van der Waals surface area contributed by atoms with Crippen LogP contribution in [0.1, 0.15) is 5.56 Å². The number of rotatable bonds is 5. The summed E-state index contributed by atoms with van der Waals surface area (Å²) in [6.07, 6.45) is 4.91. The number of imidazole rings is 1. The molecule has 0 spiro atoms. The van der Waals surface area contributed by atoms with E-state index in [1.165, 1.54) is 6.33 Å². The molecule has 0 radical (unpaired) electrons. The maximum absolute atomic E-state index is 6.32. The topological polar surface area (TPSA) is 99.2 Å². The van der Waals surface area contributed by atoms with Crippen LogP contribution < -0.4 is 5.32 Å². The first-order chi connectivity index (χ1) is 14.3. The lowest BCUT2D eigenvalue weighted by Gasteiger charge is -2.09. The number of anilines is 2. The lowest BCUT2D eigenvalue weighted by Crippen LogP contribution is -2.06. The van der Waals surface area contributed by atoms with Gasteiger partial charge in [0.2, 0.25) is 17.2 Å². The zero-order chi connectivity index (χ0) is 19.6. The fourth-order valence-electron chi connectivity index (χ4n) is 3.02. The third-order valence-corrected chi connectivity index (χ3v) is 4.53. The first-order valence-electron chi connectivity index (χ1n) is 8.79. The second kappa shape index (κ2) is 7.28. The molecule has 0 saturated heterocycles. The van der Waals surface area contributed by atoms with Crippen LogP contribution in [0.4, 0.5) is 11.6 Å². The van der Waals surface area contributed by atoms with Crippen molar-refractivity contribution in [2.24, 2.45) is 0 Å². The zero-order valence-electron chi connectivity index (χ0n) is 15.0. The van der Waals surface area contributed by atoms with Gasteiger partial charge in [-0.1, -0.05) is 29.5 Å². The Morgan fingerprint density at radius 3 is 2.83 bits per heavy atom. The second-order valence-electron chi connectivity index (χ2n) is 6.24. The van der Waals surface area contributed by atoms with Gasteiger partial charge in [-0.25, -0.2) is 19.6 Å². The number of fused-ring (bicyclic) bond motifs is 1. The molecule has 10 heteroatoms. The van der Waals surface area contributed by atoms with Gasteiger partial charge in [-0.3, -0.25) is 4.57 Å². The SMILES string of the molecule is Clc1nc2ccccc2n1-c1ncnc(Nc2cccc(Cn3ccnn3)c2)n1. The van der Waals surface area contributed by atoms with Crippen LogP contribution in [0, 0.1) is 0 Å². The minimum absolute atomic E-state index is 0.290. The molecule has 29 heavy (non-hydrogen) atoms. The van der Waals surface area contributed by atoms with Crippen LogP contribution in [0.15, 0.2) is 67.3 Å². The Kier molecular flexibility index (Phi) is 4.34. The third-order valence-electron chi connectivity index (χ3n) is 4.28. The normalized spacial score (nSPS) is 11.1. The quantitative estimate of drug-likeness (QED) is 0.480. The Balaban J connectivity index is 1.44. The summed E-state index contributed by atoms with van der Waals surface area (Å²) in [6.45, 7) is 0.620. The number of hydrogen-bond acceptors (Lipinski definition) is 7. The molecule has 0 aliphatic heterocycles. The number of hydrogen-bond donors (Lipinski definition) is 1. The molecule has 0 amide bonds. The Morgan fingerprint density at radius 2 is 1.93 bits per heavy atom. The average molecular weight is 404 g/mol. The van der Waals surface area contributed by atoms with Crippen molar-refractivity contribution in [3.8, 4) is 5.95 Å². The van der Waals surface area contributed by atoms with E-state index in [9.17, 15) is 0 Å². The smallest absolute Gasteiger partial charge is 0.241 e. The highest BCUT2D eigenvalue weighted by Crippen LogP contribution is 2.23. The van der Waals surface area contributed by atoms with Gasteiger partial charge in [0.05, 0.1) is 23.8 Å².